The van der Waals surface area contributed by atoms with E-state index in [1.54, 1.807) is 18.2 Å². The molecule has 13 heteroatoms. The molecule has 4 aromatic rings. The molecule has 0 saturated carbocycles. The summed E-state index contributed by atoms with van der Waals surface area (Å²) in [6.07, 6.45) is 0. The average molecular weight is 491 g/mol. The Hall–Kier alpha value is -3.19. The van der Waals surface area contributed by atoms with Gasteiger partial charge in [-0.2, -0.15) is 9.71 Å². The molecule has 2 aromatic carbocycles. The average Bonchev–Trinajstić information content (AvgIpc) is 3.43. The molecule has 0 bridgehead atoms. The Morgan fingerprint density at radius 1 is 1.12 bits per heavy atom. The van der Waals surface area contributed by atoms with Gasteiger partial charge in [-0.05, 0) is 24.6 Å². The van der Waals surface area contributed by atoms with E-state index in [4.69, 9.17) is 16.1 Å². The van der Waals surface area contributed by atoms with Crippen LogP contribution in [0.5, 0.6) is 0 Å². The summed E-state index contributed by atoms with van der Waals surface area (Å²) in [5.41, 5.74) is 1.97. The number of halogens is 1. The van der Waals surface area contributed by atoms with Crippen molar-refractivity contribution in [2.45, 2.75) is 17.8 Å². The van der Waals surface area contributed by atoms with Gasteiger partial charge >= 0.3 is 0 Å². The van der Waals surface area contributed by atoms with E-state index in [-0.39, 0.29) is 32.5 Å². The van der Waals surface area contributed by atoms with Crippen LogP contribution < -0.4 is 10.0 Å². The molecule has 2 N–H and O–H groups in total. The van der Waals surface area contributed by atoms with Crippen molar-refractivity contribution >= 4 is 44.0 Å². The molecule has 0 atom stereocenters. The van der Waals surface area contributed by atoms with Gasteiger partial charge in [-0.3, -0.25) is 10.1 Å². The molecule has 0 radical (unpaired) electrons. The molecule has 0 spiro atoms. The maximum absolute atomic E-state index is 12.5. The van der Waals surface area contributed by atoms with Gasteiger partial charge in [0.05, 0.1) is 17.1 Å². The first-order chi connectivity index (χ1) is 15.3. The first kappa shape index (κ1) is 22.0. The largest absolute Gasteiger partial charge is 0.338 e. The fourth-order valence-corrected chi connectivity index (χ4v) is 4.79. The quantitative estimate of drug-likeness (QED) is 0.376. The Balaban J connectivity index is 1.42. The number of benzene rings is 2. The van der Waals surface area contributed by atoms with E-state index in [2.05, 4.69) is 30.4 Å². The summed E-state index contributed by atoms with van der Waals surface area (Å²) in [4.78, 5) is 16.5. The zero-order chi connectivity index (χ0) is 22.7. The zero-order valence-corrected chi connectivity index (χ0v) is 18.8. The number of sulfonamides is 1. The van der Waals surface area contributed by atoms with Crippen LogP contribution in [0.15, 0.2) is 57.4 Å². The van der Waals surface area contributed by atoms with E-state index in [0.717, 1.165) is 11.1 Å². The van der Waals surface area contributed by atoms with E-state index in [0.29, 0.717) is 17.2 Å². The highest BCUT2D eigenvalue weighted by molar-refractivity contribution is 7.91. The second-order valence-electron chi connectivity index (χ2n) is 6.46. The maximum atomic E-state index is 12.5. The molecule has 10 nitrogen and oxygen atoms in total. The Morgan fingerprint density at radius 2 is 1.88 bits per heavy atom. The third kappa shape index (κ3) is 4.83. The highest BCUT2D eigenvalue weighted by Gasteiger charge is 2.23. The number of aromatic nitrogens is 4. The van der Waals surface area contributed by atoms with Crippen LogP contribution in [-0.2, 0) is 16.6 Å². The van der Waals surface area contributed by atoms with Crippen molar-refractivity contribution < 1.29 is 17.7 Å². The van der Waals surface area contributed by atoms with Crippen LogP contribution in [0.25, 0.3) is 11.4 Å². The Kier molecular flexibility index (Phi) is 6.28. The number of aryl methyl sites for hydroxylation is 1. The zero-order valence-electron chi connectivity index (χ0n) is 16.4. The van der Waals surface area contributed by atoms with Gasteiger partial charge in [-0.1, -0.05) is 64.5 Å². The second-order valence-corrected chi connectivity index (χ2v) is 9.78. The maximum Gasteiger partial charge on any atom is 0.270 e. The van der Waals surface area contributed by atoms with Gasteiger partial charge in [-0.15, -0.1) is 10.2 Å². The molecule has 4 rings (SSSR count). The first-order valence-electron chi connectivity index (χ1n) is 9.11. The lowest BCUT2D eigenvalue weighted by Gasteiger charge is -2.02. The van der Waals surface area contributed by atoms with Crippen LogP contribution in [-0.4, -0.2) is 34.7 Å². The summed E-state index contributed by atoms with van der Waals surface area (Å²) in [6, 6.07) is 13.9. The number of anilines is 1. The molecular weight excluding hydrogens is 476 g/mol. The van der Waals surface area contributed by atoms with Gasteiger partial charge in [-0.25, -0.2) is 8.42 Å². The molecule has 32 heavy (non-hydrogen) atoms. The van der Waals surface area contributed by atoms with E-state index in [1.165, 1.54) is 6.07 Å². The fraction of sp³-hybridized carbons (Fsp3) is 0.105. The summed E-state index contributed by atoms with van der Waals surface area (Å²) < 4.78 is 32.2. The lowest BCUT2D eigenvalue weighted by atomic mass is 10.1. The van der Waals surface area contributed by atoms with Crippen LogP contribution in [0, 0.1) is 6.92 Å². The van der Waals surface area contributed by atoms with Crippen molar-refractivity contribution in [3.8, 4) is 11.4 Å². The number of hydrogen-bond acceptors (Lipinski definition) is 9. The number of carbonyl (C=O) groups is 1. The predicted octanol–water partition coefficient (Wildman–Crippen LogP) is 3.28. The normalized spacial score (nSPS) is 11.4. The van der Waals surface area contributed by atoms with E-state index in [9.17, 15) is 13.2 Å². The minimum Gasteiger partial charge on any atom is -0.338 e. The van der Waals surface area contributed by atoms with Crippen LogP contribution in [0.2, 0.25) is 5.02 Å². The van der Waals surface area contributed by atoms with Crippen LogP contribution in [0.4, 0.5) is 5.13 Å². The minimum absolute atomic E-state index is 0.00919. The van der Waals surface area contributed by atoms with Crippen molar-refractivity contribution in [1.82, 2.24) is 25.1 Å². The number of nitrogens with zero attached hydrogens (tertiary/aromatic N) is 4. The van der Waals surface area contributed by atoms with E-state index >= 15 is 0 Å². The summed E-state index contributed by atoms with van der Waals surface area (Å²) >= 11 is 6.69. The van der Waals surface area contributed by atoms with Crippen LogP contribution in [0.3, 0.4) is 0 Å². The molecule has 0 aliphatic heterocycles. The van der Waals surface area contributed by atoms with Gasteiger partial charge in [0.25, 0.3) is 15.9 Å². The summed E-state index contributed by atoms with van der Waals surface area (Å²) in [6.45, 7) is 1.67. The monoisotopic (exact) mass is 490 g/mol. The Morgan fingerprint density at radius 3 is 2.66 bits per heavy atom. The van der Waals surface area contributed by atoms with Gasteiger partial charge in [0.15, 0.2) is 0 Å². The number of nitrogens with one attached hydrogen (secondary N) is 2. The van der Waals surface area contributed by atoms with Crippen molar-refractivity contribution in [2.24, 2.45) is 0 Å². The van der Waals surface area contributed by atoms with Gasteiger partial charge in [0.2, 0.25) is 21.2 Å². The topological polar surface area (TPSA) is 140 Å². The SMILES string of the molecule is Cc1ccccc1-c1noc(CNS(=O)(=O)c2nnc(NC(=O)c3ccccc3Cl)s2)n1. The third-order valence-corrected chi connectivity index (χ3v) is 7.18. The molecule has 1 amide bonds. The van der Waals surface area contributed by atoms with Crippen molar-refractivity contribution in [3.63, 3.8) is 0 Å². The van der Waals surface area contributed by atoms with Gasteiger partial charge in [0, 0.05) is 5.56 Å². The number of rotatable bonds is 7. The van der Waals surface area contributed by atoms with E-state index < -0.39 is 15.9 Å². The highest BCUT2D eigenvalue weighted by atomic mass is 35.5. The number of amides is 1. The molecule has 0 unspecified atom stereocenters. The standard InChI is InChI=1S/C19H15ClN6O4S2/c1-11-6-2-3-7-12(11)16-22-15(30-26-16)10-21-32(28,29)19-25-24-18(31-19)23-17(27)13-8-4-5-9-14(13)20/h2-9,21H,10H2,1H3,(H,23,24,27). The number of hydrogen-bond donors (Lipinski definition) is 2. The molecule has 0 aliphatic rings. The minimum atomic E-state index is -4.02. The van der Waals surface area contributed by atoms with Crippen molar-refractivity contribution in [3.05, 3.63) is 70.6 Å². The number of carbonyl (C=O) groups excluding carboxylic acids is 1. The summed E-state index contributed by atoms with van der Waals surface area (Å²) in [5, 5.41) is 14.0. The summed E-state index contributed by atoms with van der Waals surface area (Å²) in [7, 11) is -4.02. The lowest BCUT2D eigenvalue weighted by Crippen LogP contribution is -2.23. The molecule has 0 aliphatic carbocycles. The molecule has 2 heterocycles. The molecule has 0 saturated heterocycles. The second kappa shape index (κ2) is 9.12. The fourth-order valence-electron chi connectivity index (χ4n) is 2.66. The van der Waals surface area contributed by atoms with Crippen LogP contribution in [0.1, 0.15) is 21.8 Å². The first-order valence-corrected chi connectivity index (χ1v) is 11.8. The molecular formula is C19H15ClN6O4S2. The van der Waals surface area contributed by atoms with Crippen LogP contribution >= 0.6 is 22.9 Å². The van der Waals surface area contributed by atoms with Gasteiger partial charge < -0.3 is 4.52 Å². The lowest BCUT2D eigenvalue weighted by molar-refractivity contribution is 0.102. The Bertz CT molecular complexity index is 1390. The smallest absolute Gasteiger partial charge is 0.270 e. The molecule has 2 aromatic heterocycles. The van der Waals surface area contributed by atoms with Crippen molar-refractivity contribution in [1.29, 1.82) is 0 Å². The highest BCUT2D eigenvalue weighted by Crippen LogP contribution is 2.23. The Labute approximate surface area is 191 Å². The van der Waals surface area contributed by atoms with Crippen molar-refractivity contribution in [2.75, 3.05) is 5.32 Å². The van der Waals surface area contributed by atoms with E-state index in [1.807, 2.05) is 31.2 Å². The van der Waals surface area contributed by atoms with Gasteiger partial charge in [0.1, 0.15) is 0 Å². The molecule has 164 valence electrons. The predicted molar refractivity (Wildman–Crippen MR) is 118 cm³/mol. The third-order valence-electron chi connectivity index (χ3n) is 4.24. The summed E-state index contributed by atoms with van der Waals surface area (Å²) in [5.74, 6) is -0.0837. The molecule has 0 fully saturated rings.